The number of likely N-dealkylation sites (N-methyl/N-ethyl adjacent to an activating group) is 1. The molecule has 0 aliphatic carbocycles. The van der Waals surface area contributed by atoms with E-state index in [1.54, 1.807) is 7.11 Å². The van der Waals surface area contributed by atoms with E-state index in [4.69, 9.17) is 10.5 Å². The van der Waals surface area contributed by atoms with Crippen molar-refractivity contribution in [2.75, 3.05) is 53.5 Å². The van der Waals surface area contributed by atoms with Crippen molar-refractivity contribution in [3.63, 3.8) is 0 Å². The fraction of sp³-hybridized carbons (Fsp3) is 1.00. The molecule has 2 N–H and O–H groups in total. The zero-order valence-corrected chi connectivity index (χ0v) is 10.6. The van der Waals surface area contributed by atoms with Gasteiger partial charge in [0.05, 0.1) is 6.61 Å². The van der Waals surface area contributed by atoms with E-state index < -0.39 is 0 Å². The minimum absolute atomic E-state index is 0.203. The van der Waals surface area contributed by atoms with E-state index in [9.17, 15) is 0 Å². The highest BCUT2D eigenvalue weighted by atomic mass is 16.5. The molecule has 3 heterocycles. The monoisotopic (exact) mass is 227 g/mol. The number of fused-ring (bicyclic) bond motifs is 3. The fourth-order valence-electron chi connectivity index (χ4n) is 3.42. The Morgan fingerprint density at radius 3 is 2.56 bits per heavy atom. The van der Waals surface area contributed by atoms with E-state index in [2.05, 4.69) is 16.8 Å². The average molecular weight is 227 g/mol. The van der Waals surface area contributed by atoms with Crippen molar-refractivity contribution in [3.8, 4) is 0 Å². The molecule has 3 aliphatic heterocycles. The molecule has 1 unspecified atom stereocenters. The van der Waals surface area contributed by atoms with E-state index in [0.717, 1.165) is 32.2 Å². The maximum absolute atomic E-state index is 6.09. The summed E-state index contributed by atoms with van der Waals surface area (Å²) in [4.78, 5) is 5.00. The predicted octanol–water partition coefficient (Wildman–Crippen LogP) is -0.0123. The van der Waals surface area contributed by atoms with Crippen LogP contribution in [0.4, 0.5) is 0 Å². The van der Waals surface area contributed by atoms with Crippen LogP contribution in [0.25, 0.3) is 0 Å². The molecular formula is C12H25N3O. The number of hydrogen-bond donors (Lipinski definition) is 1. The van der Waals surface area contributed by atoms with Crippen LogP contribution in [-0.2, 0) is 4.74 Å². The molecule has 4 nitrogen and oxygen atoms in total. The first-order valence-corrected chi connectivity index (χ1v) is 6.35. The molecule has 1 atom stereocenters. The third kappa shape index (κ3) is 1.99. The number of ether oxygens (including phenoxy) is 1. The molecule has 94 valence electrons. The van der Waals surface area contributed by atoms with Gasteiger partial charge in [-0.3, -0.25) is 4.90 Å². The number of methoxy groups -OCH3 is 1. The van der Waals surface area contributed by atoms with Gasteiger partial charge in [0.15, 0.2) is 0 Å². The van der Waals surface area contributed by atoms with Crippen LogP contribution in [0.5, 0.6) is 0 Å². The van der Waals surface area contributed by atoms with Gasteiger partial charge in [0.2, 0.25) is 0 Å². The normalized spacial score (nSPS) is 38.2. The van der Waals surface area contributed by atoms with Gasteiger partial charge in [-0.2, -0.15) is 0 Å². The summed E-state index contributed by atoms with van der Waals surface area (Å²) in [6, 6.07) is 0. The Bertz CT molecular complexity index is 228. The molecule has 0 aromatic rings. The SMILES string of the molecule is COCCN(C)C1(CN)CN2CCC1CC2. The van der Waals surface area contributed by atoms with Gasteiger partial charge in [0.25, 0.3) is 0 Å². The van der Waals surface area contributed by atoms with Gasteiger partial charge in [-0.1, -0.05) is 0 Å². The standard InChI is InChI=1S/C12H25N3O/c1-14(7-8-16-2)12(9-13)10-15-5-3-11(12)4-6-15/h11H,3-10,13H2,1-2H3. The van der Waals surface area contributed by atoms with Crippen molar-refractivity contribution >= 4 is 0 Å². The lowest BCUT2D eigenvalue weighted by Gasteiger charge is -2.57. The molecule has 3 aliphatic rings. The van der Waals surface area contributed by atoms with Gasteiger partial charge >= 0.3 is 0 Å². The van der Waals surface area contributed by atoms with Crippen LogP contribution in [0.2, 0.25) is 0 Å². The largest absolute Gasteiger partial charge is 0.383 e. The quantitative estimate of drug-likeness (QED) is 0.717. The number of nitrogens with zero attached hydrogens (tertiary/aromatic N) is 2. The van der Waals surface area contributed by atoms with Crippen molar-refractivity contribution in [1.82, 2.24) is 9.80 Å². The maximum Gasteiger partial charge on any atom is 0.0589 e. The summed E-state index contributed by atoms with van der Waals surface area (Å²) in [5.41, 5.74) is 6.29. The lowest BCUT2D eigenvalue weighted by atomic mass is 9.72. The van der Waals surface area contributed by atoms with Gasteiger partial charge in [-0.25, -0.2) is 0 Å². The van der Waals surface area contributed by atoms with Gasteiger partial charge in [-0.05, 0) is 38.9 Å². The minimum atomic E-state index is 0.203. The first-order chi connectivity index (χ1) is 7.73. The third-order valence-electron chi connectivity index (χ3n) is 4.59. The Morgan fingerprint density at radius 2 is 2.12 bits per heavy atom. The van der Waals surface area contributed by atoms with Crippen LogP contribution in [0.1, 0.15) is 12.8 Å². The summed E-state index contributed by atoms with van der Waals surface area (Å²) < 4.78 is 5.18. The number of rotatable bonds is 5. The zero-order chi connectivity index (χ0) is 11.6. The second-order valence-corrected chi connectivity index (χ2v) is 5.27. The Morgan fingerprint density at radius 1 is 1.44 bits per heavy atom. The fourth-order valence-corrected chi connectivity index (χ4v) is 3.42. The molecule has 0 amide bonds. The Balaban J connectivity index is 2.06. The molecule has 0 aromatic heterocycles. The molecule has 0 radical (unpaired) electrons. The van der Waals surface area contributed by atoms with Crippen molar-refractivity contribution in [2.45, 2.75) is 18.4 Å². The lowest BCUT2D eigenvalue weighted by Crippen LogP contribution is -2.69. The van der Waals surface area contributed by atoms with Crippen molar-refractivity contribution in [1.29, 1.82) is 0 Å². The van der Waals surface area contributed by atoms with Crippen molar-refractivity contribution < 1.29 is 4.74 Å². The van der Waals surface area contributed by atoms with Crippen LogP contribution in [0.3, 0.4) is 0 Å². The molecule has 4 heteroatoms. The zero-order valence-electron chi connectivity index (χ0n) is 10.6. The summed E-state index contributed by atoms with van der Waals surface area (Å²) in [5, 5.41) is 0. The van der Waals surface area contributed by atoms with E-state index >= 15 is 0 Å². The van der Waals surface area contributed by atoms with Gasteiger partial charge in [-0.15, -0.1) is 0 Å². The average Bonchev–Trinajstić information content (AvgIpc) is 2.36. The molecule has 0 saturated carbocycles. The number of nitrogens with two attached hydrogens (primary N) is 1. The van der Waals surface area contributed by atoms with E-state index in [1.807, 2.05) is 0 Å². The third-order valence-corrected chi connectivity index (χ3v) is 4.59. The highest BCUT2D eigenvalue weighted by Crippen LogP contribution is 2.38. The first kappa shape index (κ1) is 12.3. The minimum Gasteiger partial charge on any atom is -0.383 e. The van der Waals surface area contributed by atoms with Crippen molar-refractivity contribution in [2.24, 2.45) is 11.7 Å². The highest BCUT2D eigenvalue weighted by Gasteiger charge is 2.47. The predicted molar refractivity (Wildman–Crippen MR) is 65.5 cm³/mol. The molecule has 3 saturated heterocycles. The van der Waals surface area contributed by atoms with Gasteiger partial charge in [0.1, 0.15) is 0 Å². The Labute approximate surface area is 98.7 Å². The summed E-state index contributed by atoms with van der Waals surface area (Å²) >= 11 is 0. The van der Waals surface area contributed by atoms with E-state index in [0.29, 0.717) is 0 Å². The molecule has 0 spiro atoms. The van der Waals surface area contributed by atoms with Crippen molar-refractivity contribution in [3.05, 3.63) is 0 Å². The number of piperidine rings is 3. The Kier molecular flexibility index (Phi) is 3.85. The Hall–Kier alpha value is -0.160. The summed E-state index contributed by atoms with van der Waals surface area (Å²) in [7, 11) is 3.97. The summed E-state index contributed by atoms with van der Waals surface area (Å²) in [5.74, 6) is 0.782. The van der Waals surface area contributed by atoms with Gasteiger partial charge < -0.3 is 15.4 Å². The van der Waals surface area contributed by atoms with Crippen LogP contribution in [0.15, 0.2) is 0 Å². The molecule has 2 bridgehead atoms. The molecular weight excluding hydrogens is 202 g/mol. The van der Waals surface area contributed by atoms with Gasteiger partial charge in [0, 0.05) is 32.3 Å². The molecule has 3 fully saturated rings. The molecule has 3 rings (SSSR count). The van der Waals surface area contributed by atoms with Crippen LogP contribution < -0.4 is 5.73 Å². The molecule has 0 aromatic carbocycles. The van der Waals surface area contributed by atoms with E-state index in [-0.39, 0.29) is 5.54 Å². The lowest BCUT2D eigenvalue weighted by molar-refractivity contribution is -0.0617. The summed E-state index contributed by atoms with van der Waals surface area (Å²) in [6.45, 7) is 6.24. The molecule has 16 heavy (non-hydrogen) atoms. The van der Waals surface area contributed by atoms with Crippen LogP contribution in [-0.4, -0.2) is 68.8 Å². The summed E-state index contributed by atoms with van der Waals surface area (Å²) in [6.07, 6.45) is 2.63. The van der Waals surface area contributed by atoms with Crippen LogP contribution >= 0.6 is 0 Å². The topological polar surface area (TPSA) is 41.7 Å². The number of hydrogen-bond acceptors (Lipinski definition) is 4. The maximum atomic E-state index is 6.09. The second kappa shape index (κ2) is 5.00. The van der Waals surface area contributed by atoms with E-state index in [1.165, 1.54) is 25.9 Å². The highest BCUT2D eigenvalue weighted by molar-refractivity contribution is 5.05. The smallest absolute Gasteiger partial charge is 0.0589 e. The second-order valence-electron chi connectivity index (χ2n) is 5.27. The first-order valence-electron chi connectivity index (χ1n) is 6.35. The van der Waals surface area contributed by atoms with Crippen LogP contribution in [0, 0.1) is 5.92 Å².